The van der Waals surface area contributed by atoms with Crippen LogP contribution in [0.3, 0.4) is 0 Å². The number of aryl methyl sites for hydroxylation is 1. The highest BCUT2D eigenvalue weighted by molar-refractivity contribution is 7.12. The van der Waals surface area contributed by atoms with Crippen LogP contribution in [0, 0.1) is 6.92 Å². The first-order chi connectivity index (χ1) is 12.5. The summed E-state index contributed by atoms with van der Waals surface area (Å²) < 4.78 is 0. The number of carbonyl (C=O) groups is 2. The van der Waals surface area contributed by atoms with Gasteiger partial charge in [0.05, 0.1) is 11.6 Å². The molecule has 0 saturated carbocycles. The minimum Gasteiger partial charge on any atom is -0.481 e. The van der Waals surface area contributed by atoms with Crippen molar-refractivity contribution in [3.8, 4) is 11.3 Å². The molecular formula is C20H18N2O3S. The Hall–Kier alpha value is -2.99. The number of anilines is 1. The second-order valence-electron chi connectivity index (χ2n) is 5.95. The van der Waals surface area contributed by atoms with Gasteiger partial charge >= 0.3 is 5.97 Å². The highest BCUT2D eigenvalue weighted by Gasteiger charge is 2.21. The highest BCUT2D eigenvalue weighted by atomic mass is 32.1. The normalized spacial score (nSPS) is 11.8. The lowest BCUT2D eigenvalue weighted by molar-refractivity contribution is -0.138. The number of thiazole rings is 1. The number of benzene rings is 2. The largest absolute Gasteiger partial charge is 0.481 e. The predicted octanol–water partition coefficient (Wildman–Crippen LogP) is 4.56. The monoisotopic (exact) mass is 366 g/mol. The van der Waals surface area contributed by atoms with E-state index in [4.69, 9.17) is 0 Å². The third-order valence-corrected chi connectivity index (χ3v) is 4.98. The quantitative estimate of drug-likeness (QED) is 0.694. The first-order valence-corrected chi connectivity index (χ1v) is 9.00. The summed E-state index contributed by atoms with van der Waals surface area (Å²) in [5.41, 5.74) is 3.61. The summed E-state index contributed by atoms with van der Waals surface area (Å²) in [6.07, 6.45) is 0. The van der Waals surface area contributed by atoms with Crippen molar-refractivity contribution in [2.45, 2.75) is 19.8 Å². The van der Waals surface area contributed by atoms with Crippen LogP contribution in [0.2, 0.25) is 0 Å². The van der Waals surface area contributed by atoms with Crippen LogP contribution in [-0.4, -0.2) is 22.0 Å². The van der Waals surface area contributed by atoms with E-state index in [0.29, 0.717) is 16.3 Å². The molecule has 0 radical (unpaired) electrons. The molecule has 0 fully saturated rings. The minimum atomic E-state index is -0.935. The van der Waals surface area contributed by atoms with Crippen molar-refractivity contribution in [2.75, 3.05) is 5.32 Å². The lowest BCUT2D eigenvalue weighted by Crippen LogP contribution is -2.17. The van der Waals surface area contributed by atoms with Crippen LogP contribution in [0.25, 0.3) is 11.3 Å². The van der Waals surface area contributed by atoms with Crippen LogP contribution in [0.5, 0.6) is 0 Å². The number of nitrogens with zero attached hydrogens (tertiary/aromatic N) is 1. The number of rotatable bonds is 5. The molecule has 3 aromatic rings. The molecule has 1 aromatic heterocycles. The van der Waals surface area contributed by atoms with Crippen molar-refractivity contribution >= 4 is 28.9 Å². The van der Waals surface area contributed by atoms with Gasteiger partial charge in [0.1, 0.15) is 0 Å². The minimum absolute atomic E-state index is 0.333. The van der Waals surface area contributed by atoms with Crippen molar-refractivity contribution in [1.29, 1.82) is 0 Å². The Balaban J connectivity index is 1.87. The Bertz CT molecular complexity index is 951. The zero-order chi connectivity index (χ0) is 18.7. The summed E-state index contributed by atoms with van der Waals surface area (Å²) in [6.45, 7) is 3.44. The Morgan fingerprint density at radius 1 is 1.12 bits per heavy atom. The van der Waals surface area contributed by atoms with Gasteiger partial charge < -0.3 is 10.4 Å². The first-order valence-electron chi connectivity index (χ1n) is 8.12. The zero-order valence-electron chi connectivity index (χ0n) is 14.4. The molecule has 0 aliphatic rings. The number of aliphatic carboxylic acids is 1. The molecule has 132 valence electrons. The van der Waals surface area contributed by atoms with Crippen molar-refractivity contribution in [3.05, 3.63) is 70.0 Å². The lowest BCUT2D eigenvalue weighted by atomic mass is 9.94. The summed E-state index contributed by atoms with van der Waals surface area (Å²) in [4.78, 5) is 28.4. The average molecular weight is 366 g/mol. The summed E-state index contributed by atoms with van der Waals surface area (Å²) in [6, 6.07) is 15.0. The fourth-order valence-corrected chi connectivity index (χ4v) is 3.50. The van der Waals surface area contributed by atoms with Gasteiger partial charge in [-0.15, -0.1) is 11.3 Å². The zero-order valence-corrected chi connectivity index (χ0v) is 15.2. The second-order valence-corrected chi connectivity index (χ2v) is 6.81. The van der Waals surface area contributed by atoms with E-state index in [9.17, 15) is 14.7 Å². The number of hydrogen-bond acceptors (Lipinski definition) is 4. The summed E-state index contributed by atoms with van der Waals surface area (Å²) in [5, 5.41) is 14.3. The number of aromatic nitrogens is 1. The number of nitrogens with one attached hydrogen (secondary N) is 1. The van der Waals surface area contributed by atoms with Crippen molar-refractivity contribution < 1.29 is 14.7 Å². The molecule has 0 spiro atoms. The Labute approximate surface area is 155 Å². The van der Waals surface area contributed by atoms with Crippen molar-refractivity contribution in [3.63, 3.8) is 0 Å². The fourth-order valence-electron chi connectivity index (χ4n) is 2.78. The van der Waals surface area contributed by atoms with E-state index in [2.05, 4.69) is 10.3 Å². The molecule has 26 heavy (non-hydrogen) atoms. The predicted molar refractivity (Wildman–Crippen MR) is 103 cm³/mol. The van der Waals surface area contributed by atoms with Crippen LogP contribution in [0.15, 0.2) is 53.9 Å². The van der Waals surface area contributed by atoms with Gasteiger partial charge in [-0.1, -0.05) is 42.5 Å². The van der Waals surface area contributed by atoms with Gasteiger partial charge in [-0.2, -0.15) is 0 Å². The van der Waals surface area contributed by atoms with Crippen LogP contribution >= 0.6 is 11.3 Å². The molecule has 1 heterocycles. The fraction of sp³-hybridized carbons (Fsp3) is 0.150. The molecule has 2 aromatic carbocycles. The summed E-state index contributed by atoms with van der Waals surface area (Å²) in [5.74, 6) is -2.00. The molecule has 0 saturated heterocycles. The molecule has 5 nitrogen and oxygen atoms in total. The molecule has 0 aliphatic carbocycles. The third-order valence-electron chi connectivity index (χ3n) is 4.14. The van der Waals surface area contributed by atoms with E-state index in [1.54, 1.807) is 19.1 Å². The van der Waals surface area contributed by atoms with E-state index in [0.717, 1.165) is 16.8 Å². The number of carboxylic acids is 1. The first kappa shape index (κ1) is 17.8. The number of carboxylic acid groups (broad SMARTS) is 1. The number of carbonyl (C=O) groups excluding carboxylic acids is 1. The summed E-state index contributed by atoms with van der Waals surface area (Å²) >= 11 is 1.26. The molecule has 0 bridgehead atoms. The van der Waals surface area contributed by atoms with Gasteiger partial charge in [0.25, 0.3) is 5.91 Å². The highest BCUT2D eigenvalue weighted by Crippen LogP contribution is 2.29. The molecule has 6 heteroatoms. The summed E-state index contributed by atoms with van der Waals surface area (Å²) in [7, 11) is 0. The molecular weight excluding hydrogens is 348 g/mol. The van der Waals surface area contributed by atoms with Crippen LogP contribution < -0.4 is 5.32 Å². The van der Waals surface area contributed by atoms with Gasteiger partial charge in [-0.05, 0) is 31.0 Å². The van der Waals surface area contributed by atoms with Crippen LogP contribution in [-0.2, 0) is 4.79 Å². The van der Waals surface area contributed by atoms with E-state index in [-0.39, 0.29) is 5.91 Å². The third kappa shape index (κ3) is 3.65. The molecule has 3 rings (SSSR count). The average Bonchev–Trinajstić information content (AvgIpc) is 3.12. The Morgan fingerprint density at radius 2 is 1.85 bits per heavy atom. The van der Waals surface area contributed by atoms with Gasteiger partial charge in [0.2, 0.25) is 0 Å². The maximum atomic E-state index is 12.6. The molecule has 2 N–H and O–H groups in total. The van der Waals surface area contributed by atoms with Crippen LogP contribution in [0.1, 0.15) is 33.8 Å². The Morgan fingerprint density at radius 3 is 2.54 bits per heavy atom. The smallest absolute Gasteiger partial charge is 0.310 e. The second kappa shape index (κ2) is 7.49. The van der Waals surface area contributed by atoms with E-state index in [1.807, 2.05) is 48.7 Å². The van der Waals surface area contributed by atoms with Crippen molar-refractivity contribution in [1.82, 2.24) is 4.98 Å². The molecule has 1 unspecified atom stereocenters. The van der Waals surface area contributed by atoms with Crippen molar-refractivity contribution in [2.24, 2.45) is 0 Å². The maximum Gasteiger partial charge on any atom is 0.310 e. The standard InChI is InChI=1S/C20H18N2O3S/c1-12-7-6-10-15(17(12)13(2)20(24)25)21-18(23)19-22-16(11-26-19)14-8-4-3-5-9-14/h3-11,13H,1-2H3,(H,21,23)(H,24,25). The van der Waals surface area contributed by atoms with Gasteiger partial charge in [0.15, 0.2) is 5.01 Å². The van der Waals surface area contributed by atoms with Gasteiger partial charge in [-0.25, -0.2) is 4.98 Å². The maximum absolute atomic E-state index is 12.6. The van der Waals surface area contributed by atoms with E-state index >= 15 is 0 Å². The molecule has 1 amide bonds. The molecule has 1 atom stereocenters. The van der Waals surface area contributed by atoms with E-state index < -0.39 is 11.9 Å². The molecule has 0 aliphatic heterocycles. The van der Waals surface area contributed by atoms with Gasteiger partial charge in [0, 0.05) is 16.6 Å². The lowest BCUT2D eigenvalue weighted by Gasteiger charge is -2.16. The Kier molecular flexibility index (Phi) is 5.14. The van der Waals surface area contributed by atoms with Gasteiger partial charge in [-0.3, -0.25) is 9.59 Å². The van der Waals surface area contributed by atoms with Crippen LogP contribution in [0.4, 0.5) is 5.69 Å². The SMILES string of the molecule is Cc1cccc(NC(=O)c2nc(-c3ccccc3)cs2)c1C(C)C(=O)O. The number of hydrogen-bond donors (Lipinski definition) is 2. The van der Waals surface area contributed by atoms with E-state index in [1.165, 1.54) is 11.3 Å². The topological polar surface area (TPSA) is 79.3 Å². The number of amides is 1.